The van der Waals surface area contributed by atoms with Gasteiger partial charge in [-0.2, -0.15) is 5.10 Å². The lowest BCUT2D eigenvalue weighted by Crippen LogP contribution is -2.44. The predicted molar refractivity (Wildman–Crippen MR) is 77.6 cm³/mol. The number of anilines is 1. The van der Waals surface area contributed by atoms with Gasteiger partial charge in [-0.15, -0.1) is 0 Å². The van der Waals surface area contributed by atoms with Crippen LogP contribution in [0.5, 0.6) is 0 Å². The molecule has 0 aromatic carbocycles. The maximum atomic E-state index is 12.7. The third-order valence-corrected chi connectivity index (χ3v) is 3.74. The zero-order valence-electron chi connectivity index (χ0n) is 12.6. The summed E-state index contributed by atoms with van der Waals surface area (Å²) in [6.45, 7) is 8.49. The number of hydrogen-bond donors (Lipinski definition) is 1. The number of nitrogens with two attached hydrogens (primary N) is 1. The van der Waals surface area contributed by atoms with Crippen LogP contribution in [0.25, 0.3) is 0 Å². The first-order valence-corrected chi connectivity index (χ1v) is 7.32. The summed E-state index contributed by atoms with van der Waals surface area (Å²) in [6, 6.07) is 0. The van der Waals surface area contributed by atoms with Gasteiger partial charge < -0.3 is 15.4 Å². The van der Waals surface area contributed by atoms with Crippen molar-refractivity contribution in [3.63, 3.8) is 0 Å². The van der Waals surface area contributed by atoms with Crippen LogP contribution in [-0.2, 0) is 11.3 Å². The van der Waals surface area contributed by atoms with Crippen molar-refractivity contribution in [3.8, 4) is 0 Å². The fraction of sp³-hybridized carbons (Fsp3) is 0.714. The third-order valence-electron chi connectivity index (χ3n) is 3.74. The smallest absolute Gasteiger partial charge is 0.274 e. The number of hydrogen-bond acceptors (Lipinski definition) is 4. The van der Waals surface area contributed by atoms with Gasteiger partial charge in [-0.1, -0.05) is 0 Å². The molecule has 0 aliphatic carbocycles. The van der Waals surface area contributed by atoms with Crippen molar-refractivity contribution in [3.05, 3.63) is 11.4 Å². The molecule has 6 heteroatoms. The molecule has 1 aliphatic heterocycles. The molecule has 1 unspecified atom stereocenters. The van der Waals surface area contributed by atoms with Crippen molar-refractivity contribution in [2.75, 3.05) is 25.4 Å². The van der Waals surface area contributed by atoms with E-state index in [0.29, 0.717) is 36.8 Å². The van der Waals surface area contributed by atoms with Gasteiger partial charge in [-0.3, -0.25) is 9.48 Å². The Bertz CT molecular complexity index is 482. The van der Waals surface area contributed by atoms with E-state index >= 15 is 0 Å². The van der Waals surface area contributed by atoms with Crippen LogP contribution in [0.3, 0.4) is 0 Å². The molecule has 1 saturated heterocycles. The molecule has 1 aromatic heterocycles. The fourth-order valence-corrected chi connectivity index (χ4v) is 2.69. The van der Waals surface area contributed by atoms with Gasteiger partial charge in [0.1, 0.15) is 5.69 Å². The highest BCUT2D eigenvalue weighted by Crippen LogP contribution is 2.21. The van der Waals surface area contributed by atoms with E-state index in [1.807, 2.05) is 25.7 Å². The van der Waals surface area contributed by atoms with Gasteiger partial charge in [0.25, 0.3) is 5.91 Å². The Morgan fingerprint density at radius 2 is 2.25 bits per heavy atom. The number of nitrogen functional groups attached to an aromatic ring is 1. The summed E-state index contributed by atoms with van der Waals surface area (Å²) in [4.78, 5) is 14.5. The highest BCUT2D eigenvalue weighted by molar-refractivity contribution is 5.98. The van der Waals surface area contributed by atoms with Gasteiger partial charge in [0.05, 0.1) is 17.5 Å². The minimum Gasteiger partial charge on any atom is -0.395 e. The largest absolute Gasteiger partial charge is 0.395 e. The van der Waals surface area contributed by atoms with Gasteiger partial charge in [0.2, 0.25) is 0 Å². The van der Waals surface area contributed by atoms with E-state index in [1.54, 1.807) is 4.68 Å². The molecule has 2 heterocycles. The number of nitrogens with zero attached hydrogens (tertiary/aromatic N) is 3. The Labute approximate surface area is 119 Å². The minimum atomic E-state index is -0.0330. The topological polar surface area (TPSA) is 73.4 Å². The van der Waals surface area contributed by atoms with E-state index in [9.17, 15) is 4.79 Å². The van der Waals surface area contributed by atoms with Crippen molar-refractivity contribution in [1.82, 2.24) is 14.7 Å². The molecular formula is C14H24N4O2. The number of carbonyl (C=O) groups excluding carboxylic acids is 1. The molecule has 6 nitrogen and oxygen atoms in total. The molecule has 1 aliphatic rings. The zero-order chi connectivity index (χ0) is 14.7. The van der Waals surface area contributed by atoms with Crippen LogP contribution in [0.1, 0.15) is 42.9 Å². The standard InChI is InChI=1S/C14H24N4O2/c1-4-18-13(12(15)10(3)16-18)14(19)17-8-6-7-11(9-17)20-5-2/h11H,4-9,15H2,1-3H3. The van der Waals surface area contributed by atoms with E-state index in [-0.39, 0.29) is 12.0 Å². The SMILES string of the molecule is CCOC1CCCN(C(=O)c2c(N)c(C)nn2CC)C1. The summed E-state index contributed by atoms with van der Waals surface area (Å²) in [5.74, 6) is -0.0330. The van der Waals surface area contributed by atoms with E-state index in [0.717, 1.165) is 19.4 Å². The fourth-order valence-electron chi connectivity index (χ4n) is 2.69. The lowest BCUT2D eigenvalue weighted by atomic mass is 10.1. The predicted octanol–water partition coefficient (Wildman–Crippen LogP) is 1.43. The highest BCUT2D eigenvalue weighted by atomic mass is 16.5. The van der Waals surface area contributed by atoms with Crippen LogP contribution in [-0.4, -0.2) is 46.4 Å². The maximum Gasteiger partial charge on any atom is 0.274 e. The van der Waals surface area contributed by atoms with E-state index in [1.165, 1.54) is 0 Å². The van der Waals surface area contributed by atoms with Crippen LogP contribution < -0.4 is 5.73 Å². The Balaban J connectivity index is 2.18. The second kappa shape index (κ2) is 6.26. The average Bonchev–Trinajstić information content (AvgIpc) is 2.74. The van der Waals surface area contributed by atoms with Crippen LogP contribution in [0.2, 0.25) is 0 Å². The second-order valence-electron chi connectivity index (χ2n) is 5.13. The number of amides is 1. The summed E-state index contributed by atoms with van der Waals surface area (Å²) >= 11 is 0. The van der Waals surface area contributed by atoms with Crippen molar-refractivity contribution in [1.29, 1.82) is 0 Å². The van der Waals surface area contributed by atoms with Gasteiger partial charge >= 0.3 is 0 Å². The molecular weight excluding hydrogens is 256 g/mol. The Morgan fingerprint density at radius 3 is 2.90 bits per heavy atom. The van der Waals surface area contributed by atoms with Crippen LogP contribution in [0.15, 0.2) is 0 Å². The summed E-state index contributed by atoms with van der Waals surface area (Å²) in [5, 5.41) is 4.31. The molecule has 112 valence electrons. The molecule has 0 bridgehead atoms. The minimum absolute atomic E-state index is 0.0330. The lowest BCUT2D eigenvalue weighted by molar-refractivity contribution is 0.00685. The zero-order valence-corrected chi connectivity index (χ0v) is 12.6. The number of carbonyl (C=O) groups is 1. The third kappa shape index (κ3) is 2.80. The molecule has 2 N–H and O–H groups in total. The molecule has 2 rings (SSSR count). The highest BCUT2D eigenvalue weighted by Gasteiger charge is 2.28. The van der Waals surface area contributed by atoms with Crippen LogP contribution in [0, 0.1) is 6.92 Å². The Kier molecular flexibility index (Phi) is 4.65. The summed E-state index contributed by atoms with van der Waals surface area (Å²) in [5.41, 5.74) is 7.75. The molecule has 1 atom stereocenters. The average molecular weight is 280 g/mol. The number of piperidine rings is 1. The first-order chi connectivity index (χ1) is 9.58. The second-order valence-corrected chi connectivity index (χ2v) is 5.13. The first kappa shape index (κ1) is 14.8. The summed E-state index contributed by atoms with van der Waals surface area (Å²) < 4.78 is 7.34. The molecule has 0 radical (unpaired) electrons. The Morgan fingerprint density at radius 1 is 1.50 bits per heavy atom. The first-order valence-electron chi connectivity index (χ1n) is 7.32. The van der Waals surface area contributed by atoms with Crippen molar-refractivity contribution in [2.45, 2.75) is 46.3 Å². The summed E-state index contributed by atoms with van der Waals surface area (Å²) in [7, 11) is 0. The van der Waals surface area contributed by atoms with Gasteiger partial charge in [-0.05, 0) is 33.6 Å². The molecule has 1 fully saturated rings. The van der Waals surface area contributed by atoms with Crippen molar-refractivity contribution < 1.29 is 9.53 Å². The lowest BCUT2D eigenvalue weighted by Gasteiger charge is -2.32. The Hall–Kier alpha value is -1.56. The van der Waals surface area contributed by atoms with Crippen LogP contribution >= 0.6 is 0 Å². The quantitative estimate of drug-likeness (QED) is 0.905. The van der Waals surface area contributed by atoms with Gasteiger partial charge in [-0.25, -0.2) is 0 Å². The van der Waals surface area contributed by atoms with Gasteiger partial charge in [0, 0.05) is 26.2 Å². The molecule has 0 spiro atoms. The van der Waals surface area contributed by atoms with E-state index < -0.39 is 0 Å². The van der Waals surface area contributed by atoms with Crippen molar-refractivity contribution >= 4 is 11.6 Å². The molecule has 0 saturated carbocycles. The molecule has 1 aromatic rings. The number of likely N-dealkylation sites (tertiary alicyclic amines) is 1. The maximum absolute atomic E-state index is 12.7. The summed E-state index contributed by atoms with van der Waals surface area (Å²) in [6.07, 6.45) is 2.12. The normalized spacial score (nSPS) is 19.4. The number of aryl methyl sites for hydroxylation is 2. The molecule has 1 amide bonds. The number of ether oxygens (including phenoxy) is 1. The number of aromatic nitrogens is 2. The molecule has 20 heavy (non-hydrogen) atoms. The van der Waals surface area contributed by atoms with Crippen molar-refractivity contribution in [2.24, 2.45) is 0 Å². The van der Waals surface area contributed by atoms with E-state index in [4.69, 9.17) is 10.5 Å². The monoisotopic (exact) mass is 280 g/mol. The van der Waals surface area contributed by atoms with E-state index in [2.05, 4.69) is 5.10 Å². The number of rotatable bonds is 4. The van der Waals surface area contributed by atoms with Crippen LogP contribution in [0.4, 0.5) is 5.69 Å². The van der Waals surface area contributed by atoms with Gasteiger partial charge in [0.15, 0.2) is 0 Å².